The van der Waals surface area contributed by atoms with Crippen molar-refractivity contribution in [2.24, 2.45) is 5.92 Å². The predicted octanol–water partition coefficient (Wildman–Crippen LogP) is 3.08. The molecule has 1 atom stereocenters. The Balaban J connectivity index is 2.55. The molecule has 110 valence electrons. The van der Waals surface area contributed by atoms with Crippen LogP contribution in [0.15, 0.2) is 18.2 Å². The zero-order chi connectivity index (χ0) is 15.3. The average Bonchev–Trinajstić information content (AvgIpc) is 2.33. The number of carbonyl (C=O) groups is 2. The van der Waals surface area contributed by atoms with Crippen molar-refractivity contribution in [3.63, 3.8) is 0 Å². The average molecular weight is 295 g/mol. The zero-order valence-corrected chi connectivity index (χ0v) is 13.1. The van der Waals surface area contributed by atoms with Crippen LogP contribution in [0.1, 0.15) is 25.0 Å². The van der Waals surface area contributed by atoms with Crippen molar-refractivity contribution in [2.75, 3.05) is 11.1 Å². The molecule has 0 fully saturated rings. The molecule has 0 aliphatic carbocycles. The van der Waals surface area contributed by atoms with Gasteiger partial charge in [-0.1, -0.05) is 19.9 Å². The van der Waals surface area contributed by atoms with Crippen molar-refractivity contribution in [1.29, 1.82) is 0 Å². The molecule has 1 rings (SSSR count). The summed E-state index contributed by atoms with van der Waals surface area (Å²) in [6.07, 6.45) is 0. The number of rotatable bonds is 6. The highest BCUT2D eigenvalue weighted by Crippen LogP contribution is 2.20. The maximum Gasteiger partial charge on any atom is 0.316 e. The molecule has 0 saturated heterocycles. The van der Waals surface area contributed by atoms with E-state index in [9.17, 15) is 9.59 Å². The molecular formula is C15H21NO3S. The second-order valence-electron chi connectivity index (χ2n) is 5.16. The van der Waals surface area contributed by atoms with Crippen LogP contribution in [0, 0.1) is 19.8 Å². The fraction of sp³-hybridized carbons (Fsp3) is 0.467. The minimum absolute atomic E-state index is 0.00748. The van der Waals surface area contributed by atoms with Crippen LogP contribution in [0.5, 0.6) is 0 Å². The van der Waals surface area contributed by atoms with Gasteiger partial charge < -0.3 is 10.4 Å². The molecular weight excluding hydrogens is 274 g/mol. The lowest BCUT2D eigenvalue weighted by molar-refractivity contribution is -0.137. The molecule has 0 saturated carbocycles. The molecule has 2 N–H and O–H groups in total. The number of aryl methyl sites for hydroxylation is 2. The molecule has 20 heavy (non-hydrogen) atoms. The van der Waals surface area contributed by atoms with Crippen LogP contribution in [0.4, 0.5) is 5.69 Å². The Bertz CT molecular complexity index is 500. The first kappa shape index (κ1) is 16.6. The Morgan fingerprint density at radius 2 is 1.90 bits per heavy atom. The van der Waals surface area contributed by atoms with Crippen molar-refractivity contribution in [3.8, 4) is 0 Å². The van der Waals surface area contributed by atoms with Crippen LogP contribution >= 0.6 is 11.8 Å². The van der Waals surface area contributed by atoms with Gasteiger partial charge in [-0.25, -0.2) is 0 Å². The third-order valence-electron chi connectivity index (χ3n) is 3.03. The second-order valence-corrected chi connectivity index (χ2v) is 6.29. The van der Waals surface area contributed by atoms with Gasteiger partial charge in [0.1, 0.15) is 5.25 Å². The summed E-state index contributed by atoms with van der Waals surface area (Å²) >= 11 is 1.16. The van der Waals surface area contributed by atoms with Crippen LogP contribution < -0.4 is 5.32 Å². The first-order valence-electron chi connectivity index (χ1n) is 6.52. The summed E-state index contributed by atoms with van der Waals surface area (Å²) in [6, 6.07) is 5.71. The predicted molar refractivity (Wildman–Crippen MR) is 83.3 cm³/mol. The lowest BCUT2D eigenvalue weighted by Crippen LogP contribution is -2.25. The molecule has 1 aromatic carbocycles. The molecule has 0 aliphatic heterocycles. The molecule has 0 spiro atoms. The van der Waals surface area contributed by atoms with Crippen molar-refractivity contribution in [3.05, 3.63) is 29.3 Å². The van der Waals surface area contributed by atoms with E-state index < -0.39 is 11.2 Å². The summed E-state index contributed by atoms with van der Waals surface area (Å²) in [4.78, 5) is 22.9. The first-order chi connectivity index (χ1) is 9.31. The number of amides is 1. The molecule has 0 radical (unpaired) electrons. The summed E-state index contributed by atoms with van der Waals surface area (Å²) in [5.41, 5.74) is 3.03. The minimum Gasteiger partial charge on any atom is -0.480 e. The van der Waals surface area contributed by atoms with Gasteiger partial charge in [0.05, 0.1) is 5.75 Å². The van der Waals surface area contributed by atoms with E-state index in [1.165, 1.54) is 5.56 Å². The Hall–Kier alpha value is -1.49. The van der Waals surface area contributed by atoms with Gasteiger partial charge in [0.15, 0.2) is 0 Å². The van der Waals surface area contributed by atoms with Crippen LogP contribution in [0.3, 0.4) is 0 Å². The summed E-state index contributed by atoms with van der Waals surface area (Å²) < 4.78 is 0. The summed E-state index contributed by atoms with van der Waals surface area (Å²) in [6.45, 7) is 7.68. The molecule has 4 nitrogen and oxygen atoms in total. The number of carbonyl (C=O) groups excluding carboxylic acids is 1. The lowest BCUT2D eigenvalue weighted by atomic mass is 10.1. The second kappa shape index (κ2) is 7.33. The first-order valence-corrected chi connectivity index (χ1v) is 7.57. The number of hydrogen-bond acceptors (Lipinski definition) is 3. The van der Waals surface area contributed by atoms with Gasteiger partial charge in [0.2, 0.25) is 5.91 Å². The van der Waals surface area contributed by atoms with Gasteiger partial charge in [0, 0.05) is 5.69 Å². The molecule has 5 heteroatoms. The van der Waals surface area contributed by atoms with Crippen LogP contribution in [0.25, 0.3) is 0 Å². The molecule has 1 unspecified atom stereocenters. The fourth-order valence-electron chi connectivity index (χ4n) is 1.73. The van der Waals surface area contributed by atoms with E-state index in [0.717, 1.165) is 23.0 Å². The number of carboxylic acids is 1. The van der Waals surface area contributed by atoms with Gasteiger partial charge in [0.25, 0.3) is 0 Å². The zero-order valence-electron chi connectivity index (χ0n) is 12.3. The number of carboxylic acid groups (broad SMARTS) is 1. The number of thioether (sulfide) groups is 1. The standard InChI is InChI=1S/C15H21NO3S/c1-9(2)14(15(18)19)20-8-13(17)16-12-6-5-10(3)11(4)7-12/h5-7,9,14H,8H2,1-4H3,(H,16,17)(H,18,19). The third-order valence-corrected chi connectivity index (χ3v) is 4.57. The van der Waals surface area contributed by atoms with Gasteiger partial charge in [-0.2, -0.15) is 0 Å². The topological polar surface area (TPSA) is 66.4 Å². The normalized spacial score (nSPS) is 12.2. The maximum absolute atomic E-state index is 11.8. The molecule has 0 aromatic heterocycles. The third kappa shape index (κ3) is 4.89. The van der Waals surface area contributed by atoms with Gasteiger partial charge in [-0.05, 0) is 43.0 Å². The highest BCUT2D eigenvalue weighted by Gasteiger charge is 2.22. The highest BCUT2D eigenvalue weighted by atomic mass is 32.2. The van der Waals surface area contributed by atoms with Gasteiger partial charge in [-0.15, -0.1) is 11.8 Å². The number of hydrogen-bond donors (Lipinski definition) is 2. The van der Waals surface area contributed by atoms with Crippen molar-refractivity contribution < 1.29 is 14.7 Å². The molecule has 1 aromatic rings. The van der Waals surface area contributed by atoms with Crippen LogP contribution in [-0.2, 0) is 9.59 Å². The van der Waals surface area contributed by atoms with E-state index in [1.54, 1.807) is 0 Å². The molecule has 0 aliphatic rings. The summed E-state index contributed by atoms with van der Waals surface area (Å²) in [5.74, 6) is -0.914. The largest absolute Gasteiger partial charge is 0.480 e. The Morgan fingerprint density at radius 1 is 1.25 bits per heavy atom. The van der Waals surface area contributed by atoms with Crippen molar-refractivity contribution in [2.45, 2.75) is 32.9 Å². The van der Waals surface area contributed by atoms with E-state index in [4.69, 9.17) is 5.11 Å². The minimum atomic E-state index is -0.871. The van der Waals surface area contributed by atoms with Gasteiger partial charge >= 0.3 is 5.97 Å². The number of nitrogens with one attached hydrogen (secondary N) is 1. The summed E-state index contributed by atoms with van der Waals surface area (Å²) in [5, 5.41) is 11.3. The van der Waals surface area contributed by atoms with E-state index >= 15 is 0 Å². The van der Waals surface area contributed by atoms with E-state index in [-0.39, 0.29) is 17.6 Å². The fourth-order valence-corrected chi connectivity index (χ4v) is 2.66. The Morgan fingerprint density at radius 3 is 2.40 bits per heavy atom. The monoisotopic (exact) mass is 295 g/mol. The number of benzene rings is 1. The smallest absolute Gasteiger partial charge is 0.316 e. The Kier molecular flexibility index (Phi) is 6.07. The molecule has 0 heterocycles. The SMILES string of the molecule is Cc1ccc(NC(=O)CSC(C(=O)O)C(C)C)cc1C. The van der Waals surface area contributed by atoms with Gasteiger partial charge in [-0.3, -0.25) is 9.59 Å². The quantitative estimate of drug-likeness (QED) is 0.846. The Labute approximate surface area is 124 Å². The van der Waals surface area contributed by atoms with Crippen molar-refractivity contribution in [1.82, 2.24) is 0 Å². The van der Waals surface area contributed by atoms with Crippen molar-refractivity contribution >= 4 is 29.3 Å². The molecule has 0 bridgehead atoms. The van der Waals surface area contributed by atoms with Crippen LogP contribution in [0.2, 0.25) is 0 Å². The number of aliphatic carboxylic acids is 1. The molecule has 1 amide bonds. The lowest BCUT2D eigenvalue weighted by Gasteiger charge is -2.15. The summed E-state index contributed by atoms with van der Waals surface area (Å²) in [7, 11) is 0. The maximum atomic E-state index is 11.8. The van der Waals surface area contributed by atoms with Crippen LogP contribution in [-0.4, -0.2) is 28.0 Å². The van der Waals surface area contributed by atoms with E-state index in [0.29, 0.717) is 0 Å². The van der Waals surface area contributed by atoms with E-state index in [1.807, 2.05) is 45.9 Å². The highest BCUT2D eigenvalue weighted by molar-refractivity contribution is 8.01. The number of anilines is 1. The van der Waals surface area contributed by atoms with E-state index in [2.05, 4.69) is 5.32 Å².